The first-order chi connectivity index (χ1) is 8.38. The van der Waals surface area contributed by atoms with E-state index in [1.807, 2.05) is 0 Å². The molecule has 1 aliphatic heterocycles. The number of likely N-dealkylation sites (tertiary alicyclic amines) is 1. The van der Waals surface area contributed by atoms with E-state index in [9.17, 15) is 22.8 Å². The van der Waals surface area contributed by atoms with Crippen molar-refractivity contribution in [1.82, 2.24) is 10.4 Å². The van der Waals surface area contributed by atoms with Crippen LogP contribution in [-0.4, -0.2) is 42.6 Å². The van der Waals surface area contributed by atoms with Crippen LogP contribution in [0.3, 0.4) is 0 Å². The Morgan fingerprint density at radius 3 is 2.72 bits per heavy atom. The number of hydroxylamine groups is 1. The summed E-state index contributed by atoms with van der Waals surface area (Å²) >= 11 is 0. The molecule has 0 aliphatic carbocycles. The van der Waals surface area contributed by atoms with Gasteiger partial charge in [-0.3, -0.25) is 14.4 Å². The maximum absolute atomic E-state index is 11.7. The van der Waals surface area contributed by atoms with Gasteiger partial charge < -0.3 is 4.90 Å². The molecule has 0 spiro atoms. The Morgan fingerprint density at radius 2 is 2.06 bits per heavy atom. The van der Waals surface area contributed by atoms with Gasteiger partial charge in [0.1, 0.15) is 6.54 Å². The van der Waals surface area contributed by atoms with Crippen LogP contribution < -0.4 is 5.48 Å². The highest BCUT2D eigenvalue weighted by Gasteiger charge is 2.28. The predicted molar refractivity (Wildman–Crippen MR) is 55.2 cm³/mol. The summed E-state index contributed by atoms with van der Waals surface area (Å²) < 4.78 is 35.2. The molecular formula is C10H15F3N2O3. The summed E-state index contributed by atoms with van der Waals surface area (Å²) in [5, 5.41) is 0. The van der Waals surface area contributed by atoms with Crippen molar-refractivity contribution >= 4 is 11.8 Å². The zero-order chi connectivity index (χ0) is 13.6. The van der Waals surface area contributed by atoms with Crippen LogP contribution >= 0.6 is 0 Å². The maximum atomic E-state index is 11.7. The van der Waals surface area contributed by atoms with Gasteiger partial charge in [0.25, 0.3) is 5.91 Å². The topological polar surface area (TPSA) is 58.6 Å². The van der Waals surface area contributed by atoms with Gasteiger partial charge >= 0.3 is 6.18 Å². The van der Waals surface area contributed by atoms with Gasteiger partial charge in [-0.15, -0.1) is 0 Å². The molecule has 18 heavy (non-hydrogen) atoms. The molecule has 2 amide bonds. The highest BCUT2D eigenvalue weighted by Crippen LogP contribution is 2.13. The first-order valence-corrected chi connectivity index (χ1v) is 5.63. The molecule has 0 radical (unpaired) electrons. The number of nitrogens with one attached hydrogen (secondary N) is 1. The molecule has 8 heteroatoms. The van der Waals surface area contributed by atoms with Crippen LogP contribution in [0.15, 0.2) is 0 Å². The maximum Gasteiger partial charge on any atom is 0.414 e. The zero-order valence-electron chi connectivity index (χ0n) is 9.76. The van der Waals surface area contributed by atoms with Crippen molar-refractivity contribution in [2.45, 2.75) is 31.9 Å². The first-order valence-electron chi connectivity index (χ1n) is 5.63. The Hall–Kier alpha value is -1.31. The number of carbonyl (C=O) groups excluding carboxylic acids is 2. The number of rotatable bonds is 4. The van der Waals surface area contributed by atoms with Gasteiger partial charge in [-0.1, -0.05) is 6.42 Å². The van der Waals surface area contributed by atoms with Crippen molar-refractivity contribution in [3.05, 3.63) is 0 Å². The summed E-state index contributed by atoms with van der Waals surface area (Å²) in [5.74, 6) is -0.909. The minimum Gasteiger partial charge on any atom is -0.333 e. The Morgan fingerprint density at radius 1 is 1.33 bits per heavy atom. The third-order valence-electron chi connectivity index (χ3n) is 2.43. The van der Waals surface area contributed by atoms with E-state index >= 15 is 0 Å². The summed E-state index contributed by atoms with van der Waals surface area (Å²) in [4.78, 5) is 28.1. The molecule has 104 valence electrons. The second kappa shape index (κ2) is 6.58. The molecule has 0 aromatic rings. The number of hydrogen-bond acceptors (Lipinski definition) is 3. The molecule has 0 aromatic carbocycles. The number of hydrogen-bond donors (Lipinski definition) is 1. The van der Waals surface area contributed by atoms with Crippen LogP contribution in [0, 0.1) is 0 Å². The third kappa shape index (κ3) is 5.85. The molecule has 0 atom stereocenters. The van der Waals surface area contributed by atoms with Crippen LogP contribution in [0.1, 0.15) is 25.7 Å². The molecule has 1 fully saturated rings. The summed E-state index contributed by atoms with van der Waals surface area (Å²) in [7, 11) is 0. The lowest BCUT2D eigenvalue weighted by atomic mass is 10.2. The Bertz CT molecular complexity index is 307. The van der Waals surface area contributed by atoms with Crippen molar-refractivity contribution in [1.29, 1.82) is 0 Å². The van der Waals surface area contributed by atoms with Crippen LogP contribution in [0.2, 0.25) is 0 Å². The third-order valence-corrected chi connectivity index (χ3v) is 2.43. The van der Waals surface area contributed by atoms with E-state index in [2.05, 4.69) is 4.84 Å². The fraction of sp³-hybridized carbons (Fsp3) is 0.800. The van der Waals surface area contributed by atoms with E-state index in [0.29, 0.717) is 13.0 Å². The normalized spacial score (nSPS) is 17.5. The van der Waals surface area contributed by atoms with Gasteiger partial charge in [0.15, 0.2) is 6.61 Å². The van der Waals surface area contributed by atoms with Crippen molar-refractivity contribution < 1.29 is 27.6 Å². The molecule has 0 unspecified atom stereocenters. The van der Waals surface area contributed by atoms with Crippen molar-refractivity contribution in [2.75, 3.05) is 19.7 Å². The SMILES string of the molecule is O=C(CN1CCCCCC1=O)NOCC(F)(F)F. The lowest BCUT2D eigenvalue weighted by molar-refractivity contribution is -0.192. The minimum absolute atomic E-state index is 0.154. The fourth-order valence-corrected chi connectivity index (χ4v) is 1.61. The van der Waals surface area contributed by atoms with Crippen molar-refractivity contribution in [2.24, 2.45) is 0 Å². The smallest absolute Gasteiger partial charge is 0.333 e. The Labute approximate surface area is 102 Å². The zero-order valence-corrected chi connectivity index (χ0v) is 9.76. The quantitative estimate of drug-likeness (QED) is 0.774. The second-order valence-corrected chi connectivity index (χ2v) is 4.06. The summed E-state index contributed by atoms with van der Waals surface area (Å²) in [5.41, 5.74) is 1.67. The molecule has 0 saturated carbocycles. The van der Waals surface area contributed by atoms with Gasteiger partial charge in [0, 0.05) is 13.0 Å². The van der Waals surface area contributed by atoms with Crippen molar-refractivity contribution in [3.63, 3.8) is 0 Å². The van der Waals surface area contributed by atoms with Crippen molar-refractivity contribution in [3.8, 4) is 0 Å². The molecule has 1 rings (SSSR count). The Balaban J connectivity index is 2.28. The predicted octanol–water partition coefficient (Wildman–Crippen LogP) is 0.999. The van der Waals surface area contributed by atoms with Gasteiger partial charge in [-0.25, -0.2) is 5.48 Å². The monoisotopic (exact) mass is 268 g/mol. The van der Waals surface area contributed by atoms with E-state index in [0.717, 1.165) is 19.3 Å². The minimum atomic E-state index is -4.49. The lowest BCUT2D eigenvalue weighted by Crippen LogP contribution is -2.41. The van der Waals surface area contributed by atoms with E-state index in [1.54, 1.807) is 5.48 Å². The number of alkyl halides is 3. The first kappa shape index (κ1) is 14.7. The van der Waals surface area contributed by atoms with Gasteiger partial charge in [-0.05, 0) is 12.8 Å². The molecule has 1 aliphatic rings. The average molecular weight is 268 g/mol. The summed E-state index contributed by atoms with van der Waals surface area (Å²) in [6.07, 6.45) is -1.64. The average Bonchev–Trinajstić information content (AvgIpc) is 2.42. The summed E-state index contributed by atoms with van der Waals surface area (Å²) in [6.45, 7) is -1.37. The highest BCUT2D eigenvalue weighted by atomic mass is 19.4. The van der Waals surface area contributed by atoms with E-state index in [-0.39, 0.29) is 12.5 Å². The molecule has 1 N–H and O–H groups in total. The molecule has 1 heterocycles. The van der Waals surface area contributed by atoms with Gasteiger partial charge in [-0.2, -0.15) is 13.2 Å². The van der Waals surface area contributed by atoms with Crippen LogP contribution in [-0.2, 0) is 14.4 Å². The standard InChI is InChI=1S/C10H15F3N2O3/c11-10(12,13)7-18-14-8(16)6-15-5-3-1-2-4-9(15)17/h1-7H2,(H,14,16). The number of amides is 2. The van der Waals surface area contributed by atoms with Crippen LogP contribution in [0.25, 0.3) is 0 Å². The van der Waals surface area contributed by atoms with Crippen LogP contribution in [0.4, 0.5) is 13.2 Å². The van der Waals surface area contributed by atoms with Crippen LogP contribution in [0.5, 0.6) is 0 Å². The number of halogens is 3. The fourth-order valence-electron chi connectivity index (χ4n) is 1.61. The molecular weight excluding hydrogens is 253 g/mol. The summed E-state index contributed by atoms with van der Waals surface area (Å²) in [6, 6.07) is 0. The molecule has 0 aromatic heterocycles. The van der Waals surface area contributed by atoms with Gasteiger partial charge in [0.05, 0.1) is 0 Å². The largest absolute Gasteiger partial charge is 0.414 e. The number of nitrogens with zero attached hydrogens (tertiary/aromatic N) is 1. The van der Waals surface area contributed by atoms with E-state index in [4.69, 9.17) is 0 Å². The number of carbonyl (C=O) groups is 2. The molecule has 5 nitrogen and oxygen atoms in total. The lowest BCUT2D eigenvalue weighted by Gasteiger charge is -2.19. The van der Waals surface area contributed by atoms with E-state index in [1.165, 1.54) is 4.90 Å². The molecule has 1 saturated heterocycles. The van der Waals surface area contributed by atoms with Gasteiger partial charge in [0.2, 0.25) is 5.91 Å². The highest BCUT2D eigenvalue weighted by molar-refractivity contribution is 5.84. The van der Waals surface area contributed by atoms with E-state index < -0.39 is 18.7 Å². The second-order valence-electron chi connectivity index (χ2n) is 4.06. The molecule has 0 bridgehead atoms. The Kier molecular flexibility index (Phi) is 5.39.